The molecular weight excluding hydrogens is 448 g/mol. The van der Waals surface area contributed by atoms with E-state index < -0.39 is 0 Å². The summed E-state index contributed by atoms with van der Waals surface area (Å²) in [5, 5.41) is 5.89. The average Bonchev–Trinajstić information content (AvgIpc) is 3.46. The molecule has 0 saturated carbocycles. The Balaban J connectivity index is 1.36. The van der Waals surface area contributed by atoms with Crippen LogP contribution in [0, 0.1) is 6.92 Å². The van der Waals surface area contributed by atoms with Gasteiger partial charge in [-0.15, -0.1) is 11.3 Å². The van der Waals surface area contributed by atoms with E-state index in [9.17, 15) is 9.59 Å². The van der Waals surface area contributed by atoms with Gasteiger partial charge in [0.1, 0.15) is 12.4 Å². The number of carbonyl (C=O) groups is 2. The molecule has 1 atom stereocenters. The summed E-state index contributed by atoms with van der Waals surface area (Å²) in [7, 11) is 0. The highest BCUT2D eigenvalue weighted by molar-refractivity contribution is 7.09. The SMILES string of the molecule is Cc1nc(COc2ccccc2C=CC(=O)Nc2cccc(CN3CCCC3C(N)=O)c2)cs1. The zero-order valence-electron chi connectivity index (χ0n) is 19.1. The Morgan fingerprint density at radius 1 is 1.26 bits per heavy atom. The van der Waals surface area contributed by atoms with E-state index >= 15 is 0 Å². The van der Waals surface area contributed by atoms with E-state index in [4.69, 9.17) is 10.5 Å². The molecule has 1 aliphatic rings. The summed E-state index contributed by atoms with van der Waals surface area (Å²) in [5.41, 5.74) is 8.94. The Bertz CT molecular complexity index is 1190. The van der Waals surface area contributed by atoms with E-state index in [1.165, 1.54) is 6.08 Å². The second kappa shape index (κ2) is 11.1. The molecule has 8 heteroatoms. The first-order chi connectivity index (χ1) is 16.5. The standard InChI is InChI=1S/C26H28N4O3S/c1-18-28-22(17-34-18)16-33-24-10-3-2-7-20(24)11-12-25(31)29-21-8-4-6-19(14-21)15-30-13-5-9-23(30)26(27)32/h2-4,6-8,10-12,14,17,23H,5,9,13,15-16H2,1H3,(H2,27,32)(H,29,31). The lowest BCUT2D eigenvalue weighted by Crippen LogP contribution is -2.39. The molecule has 7 nitrogen and oxygen atoms in total. The molecule has 1 fully saturated rings. The highest BCUT2D eigenvalue weighted by Crippen LogP contribution is 2.23. The number of amides is 2. The average molecular weight is 477 g/mol. The van der Waals surface area contributed by atoms with Crippen molar-refractivity contribution in [1.29, 1.82) is 0 Å². The number of primary amides is 1. The maximum atomic E-state index is 12.6. The van der Waals surface area contributed by atoms with Crippen molar-refractivity contribution < 1.29 is 14.3 Å². The van der Waals surface area contributed by atoms with Gasteiger partial charge in [-0.3, -0.25) is 14.5 Å². The predicted octanol–water partition coefficient (Wildman–Crippen LogP) is 4.13. The number of nitrogens with two attached hydrogens (primary N) is 1. The first kappa shape index (κ1) is 23.7. The van der Waals surface area contributed by atoms with Crippen LogP contribution in [0.1, 0.15) is 34.7 Å². The number of rotatable bonds is 9. The largest absolute Gasteiger partial charge is 0.487 e. The first-order valence-electron chi connectivity index (χ1n) is 11.2. The lowest BCUT2D eigenvalue weighted by Gasteiger charge is -2.22. The fourth-order valence-electron chi connectivity index (χ4n) is 4.04. The number of nitrogens with zero attached hydrogens (tertiary/aromatic N) is 2. The zero-order valence-corrected chi connectivity index (χ0v) is 19.9. The van der Waals surface area contributed by atoms with E-state index in [1.54, 1.807) is 17.4 Å². The summed E-state index contributed by atoms with van der Waals surface area (Å²) in [4.78, 5) is 30.7. The van der Waals surface area contributed by atoms with Gasteiger partial charge in [-0.2, -0.15) is 0 Å². The zero-order chi connectivity index (χ0) is 23.9. The third kappa shape index (κ3) is 6.30. The number of aryl methyl sites for hydroxylation is 1. The third-order valence-electron chi connectivity index (χ3n) is 5.65. The summed E-state index contributed by atoms with van der Waals surface area (Å²) in [6, 6.07) is 15.0. The maximum absolute atomic E-state index is 12.6. The first-order valence-corrected chi connectivity index (χ1v) is 12.1. The normalized spacial score (nSPS) is 16.1. The van der Waals surface area contributed by atoms with Gasteiger partial charge in [-0.1, -0.05) is 30.3 Å². The Hall–Kier alpha value is -3.49. The smallest absolute Gasteiger partial charge is 0.248 e. The van der Waals surface area contributed by atoms with Crippen molar-refractivity contribution in [2.45, 2.75) is 39.0 Å². The topological polar surface area (TPSA) is 97.6 Å². The Kier molecular flexibility index (Phi) is 7.72. The lowest BCUT2D eigenvalue weighted by molar-refractivity contribution is -0.122. The second-order valence-electron chi connectivity index (χ2n) is 8.24. The van der Waals surface area contributed by atoms with Crippen LogP contribution in [-0.4, -0.2) is 34.3 Å². The number of para-hydroxylation sites is 1. The molecule has 0 radical (unpaired) electrons. The minimum absolute atomic E-state index is 0.219. The molecule has 34 heavy (non-hydrogen) atoms. The number of hydrogen-bond acceptors (Lipinski definition) is 6. The van der Waals surface area contributed by atoms with Crippen LogP contribution in [0.2, 0.25) is 0 Å². The van der Waals surface area contributed by atoms with Gasteiger partial charge >= 0.3 is 0 Å². The van der Waals surface area contributed by atoms with Crippen LogP contribution < -0.4 is 15.8 Å². The summed E-state index contributed by atoms with van der Waals surface area (Å²) in [6.45, 7) is 3.80. The number of benzene rings is 2. The van der Waals surface area contributed by atoms with Gasteiger partial charge in [0.2, 0.25) is 11.8 Å². The molecule has 0 aliphatic carbocycles. The van der Waals surface area contributed by atoms with Crippen LogP contribution >= 0.6 is 11.3 Å². The summed E-state index contributed by atoms with van der Waals surface area (Å²) in [5.74, 6) is 0.171. The van der Waals surface area contributed by atoms with E-state index in [0.29, 0.717) is 24.6 Å². The number of anilines is 1. The highest BCUT2D eigenvalue weighted by atomic mass is 32.1. The molecule has 3 N–H and O–H groups in total. The molecule has 3 aromatic rings. The van der Waals surface area contributed by atoms with E-state index in [-0.39, 0.29) is 17.9 Å². The van der Waals surface area contributed by atoms with Crippen molar-refractivity contribution in [1.82, 2.24) is 9.88 Å². The Morgan fingerprint density at radius 3 is 2.91 bits per heavy atom. The number of likely N-dealkylation sites (tertiary alicyclic amines) is 1. The van der Waals surface area contributed by atoms with Crippen LogP contribution in [0.25, 0.3) is 6.08 Å². The van der Waals surface area contributed by atoms with Crippen molar-refractivity contribution in [3.8, 4) is 5.75 Å². The molecule has 176 valence electrons. The van der Waals surface area contributed by atoms with Gasteiger partial charge in [-0.05, 0) is 56.1 Å². The number of ether oxygens (including phenoxy) is 1. The molecule has 1 aromatic heterocycles. The molecular formula is C26H28N4O3S. The van der Waals surface area contributed by atoms with Crippen LogP contribution in [0.15, 0.2) is 60.0 Å². The fraction of sp³-hybridized carbons (Fsp3) is 0.269. The number of thiazole rings is 1. The Morgan fingerprint density at radius 2 is 2.12 bits per heavy atom. The molecule has 4 rings (SSSR count). The molecule has 0 bridgehead atoms. The molecule has 0 spiro atoms. The maximum Gasteiger partial charge on any atom is 0.248 e. The van der Waals surface area contributed by atoms with Gasteiger partial charge in [0.05, 0.1) is 16.7 Å². The summed E-state index contributed by atoms with van der Waals surface area (Å²) >= 11 is 1.59. The van der Waals surface area contributed by atoms with Crippen LogP contribution in [0.5, 0.6) is 5.75 Å². The number of carbonyl (C=O) groups excluding carboxylic acids is 2. The minimum Gasteiger partial charge on any atom is -0.487 e. The fourth-order valence-corrected chi connectivity index (χ4v) is 4.64. The Labute approximate surface area is 203 Å². The highest BCUT2D eigenvalue weighted by Gasteiger charge is 2.28. The van der Waals surface area contributed by atoms with E-state index in [2.05, 4.69) is 15.2 Å². The number of nitrogens with one attached hydrogen (secondary N) is 1. The van der Waals surface area contributed by atoms with Gasteiger partial charge < -0.3 is 15.8 Å². The monoisotopic (exact) mass is 476 g/mol. The summed E-state index contributed by atoms with van der Waals surface area (Å²) in [6.07, 6.45) is 4.99. The molecule has 1 saturated heterocycles. The van der Waals surface area contributed by atoms with E-state index in [0.717, 1.165) is 41.2 Å². The molecule has 1 aliphatic heterocycles. The van der Waals surface area contributed by atoms with E-state index in [1.807, 2.05) is 60.8 Å². The van der Waals surface area contributed by atoms with Gasteiger partial charge in [0.25, 0.3) is 0 Å². The summed E-state index contributed by atoms with van der Waals surface area (Å²) < 4.78 is 5.92. The van der Waals surface area contributed by atoms with Gasteiger partial charge in [0, 0.05) is 29.3 Å². The second-order valence-corrected chi connectivity index (χ2v) is 9.30. The van der Waals surface area contributed by atoms with Gasteiger partial charge in [0.15, 0.2) is 0 Å². The van der Waals surface area contributed by atoms with Gasteiger partial charge in [-0.25, -0.2) is 4.98 Å². The van der Waals surface area contributed by atoms with Crippen LogP contribution in [-0.2, 0) is 22.7 Å². The molecule has 2 amide bonds. The molecule has 2 aromatic carbocycles. The molecule has 2 heterocycles. The predicted molar refractivity (Wildman–Crippen MR) is 134 cm³/mol. The number of hydrogen-bond donors (Lipinski definition) is 2. The van der Waals surface area contributed by atoms with Crippen molar-refractivity contribution in [3.63, 3.8) is 0 Å². The minimum atomic E-state index is -0.280. The van der Waals surface area contributed by atoms with Crippen molar-refractivity contribution >= 4 is 34.9 Å². The van der Waals surface area contributed by atoms with Crippen LogP contribution in [0.3, 0.4) is 0 Å². The lowest BCUT2D eigenvalue weighted by atomic mass is 10.1. The molecule has 1 unspecified atom stereocenters. The quantitative estimate of drug-likeness (QED) is 0.453. The number of aromatic nitrogens is 1. The van der Waals surface area contributed by atoms with Crippen molar-refractivity contribution in [2.24, 2.45) is 5.73 Å². The van der Waals surface area contributed by atoms with Crippen molar-refractivity contribution in [3.05, 3.63) is 81.8 Å². The third-order valence-corrected chi connectivity index (χ3v) is 6.47. The van der Waals surface area contributed by atoms with Crippen LogP contribution in [0.4, 0.5) is 5.69 Å². The van der Waals surface area contributed by atoms with Crippen molar-refractivity contribution in [2.75, 3.05) is 11.9 Å².